The zero-order valence-corrected chi connectivity index (χ0v) is 21.6. The lowest BCUT2D eigenvalue weighted by Crippen LogP contribution is -2.35. The van der Waals surface area contributed by atoms with Crippen LogP contribution in [-0.2, 0) is 11.3 Å². The molecule has 1 saturated heterocycles. The van der Waals surface area contributed by atoms with Crippen LogP contribution in [0.2, 0.25) is 10.0 Å². The minimum atomic E-state index is 0.296. The highest BCUT2D eigenvalue weighted by Gasteiger charge is 2.28. The number of nitrogens with zero attached hydrogens (tertiary/aromatic N) is 4. The van der Waals surface area contributed by atoms with E-state index >= 15 is 0 Å². The van der Waals surface area contributed by atoms with Crippen molar-refractivity contribution in [3.05, 3.63) is 69.8 Å². The molecule has 5 rings (SSSR count). The molecule has 0 spiro atoms. The molecule has 0 saturated carbocycles. The van der Waals surface area contributed by atoms with Crippen LogP contribution in [0.3, 0.4) is 0 Å². The van der Waals surface area contributed by atoms with Gasteiger partial charge in [0, 0.05) is 37.5 Å². The van der Waals surface area contributed by atoms with Crippen LogP contribution in [0.15, 0.2) is 53.7 Å². The predicted molar refractivity (Wildman–Crippen MR) is 144 cm³/mol. The van der Waals surface area contributed by atoms with Gasteiger partial charge in [-0.2, -0.15) is 0 Å². The third kappa shape index (κ3) is 4.95. The second-order valence-electron chi connectivity index (χ2n) is 8.42. The molecule has 8 nitrogen and oxygen atoms in total. The van der Waals surface area contributed by atoms with Crippen LogP contribution in [0.5, 0.6) is 11.5 Å². The summed E-state index contributed by atoms with van der Waals surface area (Å²) in [6.07, 6.45) is 1.90. The number of amidine groups is 1. The first kappa shape index (κ1) is 24.6. The quantitative estimate of drug-likeness (QED) is 0.471. The van der Waals surface area contributed by atoms with Gasteiger partial charge >= 0.3 is 0 Å². The fourth-order valence-electron chi connectivity index (χ4n) is 4.35. The van der Waals surface area contributed by atoms with E-state index in [4.69, 9.17) is 42.4 Å². The van der Waals surface area contributed by atoms with E-state index in [1.807, 2.05) is 41.4 Å². The molecular weight excluding hydrogens is 501 g/mol. The Bertz CT molecular complexity index is 1230. The summed E-state index contributed by atoms with van der Waals surface area (Å²) in [7, 11) is 3.11. The van der Waals surface area contributed by atoms with Crippen LogP contribution in [0.4, 0.5) is 17.2 Å². The number of para-hydroxylation sites is 1. The lowest BCUT2D eigenvalue weighted by atomic mass is 10.1. The first-order chi connectivity index (χ1) is 17.6. The second-order valence-corrected chi connectivity index (χ2v) is 9.17. The van der Waals surface area contributed by atoms with Crippen molar-refractivity contribution in [3.63, 3.8) is 0 Å². The van der Waals surface area contributed by atoms with Crippen LogP contribution in [0.25, 0.3) is 0 Å². The molecule has 2 aliphatic rings. The fraction of sp³-hybridized carbons (Fsp3) is 0.308. The number of anilines is 3. The number of rotatable bonds is 6. The summed E-state index contributed by atoms with van der Waals surface area (Å²) >= 11 is 13.4. The number of fused-ring (bicyclic) bond motifs is 1. The lowest BCUT2D eigenvalue weighted by Gasteiger charge is -2.32. The van der Waals surface area contributed by atoms with E-state index < -0.39 is 0 Å². The summed E-state index contributed by atoms with van der Waals surface area (Å²) in [5.41, 5.74) is 3.54. The molecule has 0 unspecified atom stereocenters. The van der Waals surface area contributed by atoms with Crippen LogP contribution in [-0.4, -0.2) is 62.9 Å². The van der Waals surface area contributed by atoms with Crippen molar-refractivity contribution < 1.29 is 14.2 Å². The maximum atomic E-state index is 6.70. The van der Waals surface area contributed by atoms with E-state index in [1.54, 1.807) is 20.3 Å². The van der Waals surface area contributed by atoms with Gasteiger partial charge in [0.2, 0.25) is 0 Å². The normalized spacial score (nSPS) is 15.8. The number of ether oxygens (including phenoxy) is 3. The molecule has 36 heavy (non-hydrogen) atoms. The second kappa shape index (κ2) is 10.9. The maximum Gasteiger partial charge on any atom is 0.143 e. The number of halogens is 2. The standard InChI is InChI=1S/C26H27Cl2N5O3/c1-34-20-13-21(35-2)24(28)25(23(20)27)33-16-30-26(18-5-3-4-6-19(18)33)31-22-8-7-17(14-29-22)15-32-9-11-36-12-10-32/h3-8,13-14H,9-12,15-16H2,1-2H3,(H,29,30,31). The molecule has 1 fully saturated rings. The summed E-state index contributed by atoms with van der Waals surface area (Å²) in [6.45, 7) is 4.60. The number of pyridine rings is 1. The van der Waals surface area contributed by atoms with Crippen molar-refractivity contribution >= 4 is 46.2 Å². The fourth-order valence-corrected chi connectivity index (χ4v) is 5.06. The average molecular weight is 528 g/mol. The summed E-state index contributed by atoms with van der Waals surface area (Å²) in [5.74, 6) is 2.39. The van der Waals surface area contributed by atoms with Gasteiger partial charge in [-0.25, -0.2) is 9.98 Å². The molecule has 3 aromatic rings. The number of hydrogen-bond acceptors (Lipinski definition) is 8. The molecule has 2 aromatic carbocycles. The molecule has 1 N–H and O–H groups in total. The van der Waals surface area contributed by atoms with E-state index in [0.717, 1.165) is 61.3 Å². The van der Waals surface area contributed by atoms with Crippen molar-refractivity contribution in [1.82, 2.24) is 9.88 Å². The zero-order valence-electron chi connectivity index (χ0n) is 20.1. The van der Waals surface area contributed by atoms with Gasteiger partial charge in [0.05, 0.1) is 38.8 Å². The minimum Gasteiger partial charge on any atom is -0.495 e. The Hall–Kier alpha value is -3.04. The maximum absolute atomic E-state index is 6.70. The van der Waals surface area contributed by atoms with Gasteiger partial charge in [-0.15, -0.1) is 0 Å². The highest BCUT2D eigenvalue weighted by Crippen LogP contribution is 2.49. The van der Waals surface area contributed by atoms with Crippen molar-refractivity contribution in [2.45, 2.75) is 6.54 Å². The molecule has 3 heterocycles. The number of benzene rings is 2. The van der Waals surface area contributed by atoms with Gasteiger partial charge in [-0.1, -0.05) is 41.4 Å². The summed E-state index contributed by atoms with van der Waals surface area (Å²) in [4.78, 5) is 13.7. The third-order valence-corrected chi connectivity index (χ3v) is 6.95. The smallest absolute Gasteiger partial charge is 0.143 e. The molecule has 0 bridgehead atoms. The molecule has 10 heteroatoms. The number of methoxy groups -OCH3 is 2. The van der Waals surface area contributed by atoms with Gasteiger partial charge in [-0.3, -0.25) is 4.90 Å². The molecular formula is C26H27Cl2N5O3. The van der Waals surface area contributed by atoms with Gasteiger partial charge in [0.15, 0.2) is 0 Å². The first-order valence-electron chi connectivity index (χ1n) is 11.6. The van der Waals surface area contributed by atoms with Gasteiger partial charge in [0.25, 0.3) is 0 Å². The first-order valence-corrected chi connectivity index (χ1v) is 12.4. The van der Waals surface area contributed by atoms with Crippen LogP contribution < -0.4 is 19.7 Å². The average Bonchev–Trinajstić information content (AvgIpc) is 2.91. The minimum absolute atomic E-state index is 0.296. The Morgan fingerprint density at radius 1 is 1.00 bits per heavy atom. The van der Waals surface area contributed by atoms with E-state index in [2.05, 4.69) is 21.3 Å². The van der Waals surface area contributed by atoms with E-state index in [1.165, 1.54) is 0 Å². The molecule has 0 amide bonds. The Balaban J connectivity index is 1.40. The van der Waals surface area contributed by atoms with Gasteiger partial charge in [-0.05, 0) is 23.8 Å². The van der Waals surface area contributed by atoms with E-state index in [0.29, 0.717) is 33.9 Å². The van der Waals surface area contributed by atoms with E-state index in [-0.39, 0.29) is 0 Å². The van der Waals surface area contributed by atoms with Crippen LogP contribution in [0, 0.1) is 0 Å². The predicted octanol–water partition coefficient (Wildman–Crippen LogP) is 5.21. The Labute approximate surface area is 220 Å². The van der Waals surface area contributed by atoms with Gasteiger partial charge < -0.3 is 24.4 Å². The highest BCUT2D eigenvalue weighted by atomic mass is 35.5. The Morgan fingerprint density at radius 2 is 1.72 bits per heavy atom. The molecule has 2 aliphatic heterocycles. The molecule has 0 aliphatic carbocycles. The molecule has 0 radical (unpaired) electrons. The van der Waals surface area contributed by atoms with Crippen LogP contribution >= 0.6 is 23.2 Å². The number of hydrogen-bond donors (Lipinski definition) is 1. The van der Waals surface area contributed by atoms with Crippen molar-refractivity contribution in [1.29, 1.82) is 0 Å². The summed E-state index contributed by atoms with van der Waals surface area (Å²) in [5, 5.41) is 4.16. The SMILES string of the molecule is COc1cc(OC)c(Cl)c(N2CN=C(Nc3ccc(CN4CCOCC4)cn3)c3ccccc32)c1Cl. The number of morpholine rings is 1. The topological polar surface area (TPSA) is 71.5 Å². The zero-order chi connectivity index (χ0) is 25.1. The third-order valence-electron chi connectivity index (χ3n) is 6.22. The van der Waals surface area contributed by atoms with Crippen molar-refractivity contribution in [3.8, 4) is 11.5 Å². The van der Waals surface area contributed by atoms with Crippen molar-refractivity contribution in [2.75, 3.05) is 57.4 Å². The Morgan fingerprint density at radius 3 is 2.39 bits per heavy atom. The molecule has 0 atom stereocenters. The molecule has 1 aromatic heterocycles. The highest BCUT2D eigenvalue weighted by molar-refractivity contribution is 6.41. The van der Waals surface area contributed by atoms with Gasteiger partial charge in [0.1, 0.15) is 39.9 Å². The van der Waals surface area contributed by atoms with E-state index in [9.17, 15) is 0 Å². The number of nitrogens with one attached hydrogen (secondary N) is 1. The van der Waals surface area contributed by atoms with Crippen molar-refractivity contribution in [2.24, 2.45) is 4.99 Å². The summed E-state index contributed by atoms with van der Waals surface area (Å²) < 4.78 is 16.3. The van der Waals surface area contributed by atoms with Crippen LogP contribution in [0.1, 0.15) is 11.1 Å². The lowest BCUT2D eigenvalue weighted by molar-refractivity contribution is 0.0341. The molecule has 188 valence electrons. The number of aliphatic imine (C=N–C) groups is 1. The summed E-state index contributed by atoms with van der Waals surface area (Å²) in [6, 6.07) is 13.7. The number of aromatic nitrogens is 1. The largest absolute Gasteiger partial charge is 0.495 e. The Kier molecular flexibility index (Phi) is 7.48. The monoisotopic (exact) mass is 527 g/mol.